The van der Waals surface area contributed by atoms with Gasteiger partial charge in [0.2, 0.25) is 0 Å². The monoisotopic (exact) mass is 550 g/mol. The molecule has 2 nitrogen and oxygen atoms in total. The molecule has 2 N–H and O–H groups in total. The summed E-state index contributed by atoms with van der Waals surface area (Å²) in [7, 11) is -2.26. The van der Waals surface area contributed by atoms with E-state index in [0.717, 1.165) is 5.56 Å². The van der Waals surface area contributed by atoms with Crippen LogP contribution < -0.4 is 5.30 Å². The van der Waals surface area contributed by atoms with Gasteiger partial charge in [-0.2, -0.15) is 0 Å². The van der Waals surface area contributed by atoms with E-state index >= 15 is 0 Å². The maximum atomic E-state index is 10.7. The SMILES string of the molecule is CC(C)(C)C1=CC(C)(C(C)(C)C)C=CC1c1cccc(P(O)O)c1C1C=CC(C)(C(C)(C)C)C=C1C(C)(C)C. The van der Waals surface area contributed by atoms with Crippen LogP contribution in [0.25, 0.3) is 0 Å². The Balaban J connectivity index is 2.35. The van der Waals surface area contributed by atoms with Crippen LogP contribution in [0, 0.1) is 32.5 Å². The molecule has 0 saturated heterocycles. The van der Waals surface area contributed by atoms with Crippen LogP contribution in [0.3, 0.4) is 0 Å². The van der Waals surface area contributed by atoms with Crippen molar-refractivity contribution in [2.24, 2.45) is 32.5 Å². The fraction of sp³-hybridized carbons (Fsp3) is 0.611. The predicted octanol–water partition coefficient (Wildman–Crippen LogP) is 9.96. The Kier molecular flexibility index (Phi) is 8.31. The first-order valence-electron chi connectivity index (χ1n) is 14.6. The zero-order chi connectivity index (χ0) is 30.0. The normalized spacial score (nSPS) is 28.5. The van der Waals surface area contributed by atoms with Crippen molar-refractivity contribution in [2.75, 3.05) is 0 Å². The number of hydrogen-bond acceptors (Lipinski definition) is 2. The zero-order valence-electron chi connectivity index (χ0n) is 27.2. The minimum Gasteiger partial charge on any atom is -0.347 e. The van der Waals surface area contributed by atoms with Gasteiger partial charge in [0.25, 0.3) is 0 Å². The van der Waals surface area contributed by atoms with Crippen LogP contribution >= 0.6 is 8.38 Å². The lowest BCUT2D eigenvalue weighted by Crippen LogP contribution is -2.35. The van der Waals surface area contributed by atoms with E-state index in [0.29, 0.717) is 5.30 Å². The van der Waals surface area contributed by atoms with Crippen LogP contribution in [0.1, 0.15) is 120 Å². The Hall–Kier alpha value is -1.47. The van der Waals surface area contributed by atoms with Crippen molar-refractivity contribution >= 4 is 13.7 Å². The summed E-state index contributed by atoms with van der Waals surface area (Å²) in [5.74, 6) is 0.0392. The molecule has 0 fully saturated rings. The predicted molar refractivity (Wildman–Crippen MR) is 171 cm³/mol. The molecule has 0 aromatic heterocycles. The third-order valence-corrected chi connectivity index (χ3v) is 10.6. The molecule has 0 spiro atoms. The molecule has 1 aromatic carbocycles. The summed E-state index contributed by atoms with van der Waals surface area (Å²) in [4.78, 5) is 21.5. The zero-order valence-corrected chi connectivity index (χ0v) is 28.1. The standard InChI is InChI=1S/C36H55O2P/c1-31(2,3)27-22-35(13,33(7,8)9)20-18-24(27)25-16-15-17-29(39(37)38)30(25)26-19-21-36(14,34(10,11)12)23-28(26)32(4,5)6/h15-24,26,37-38H,1-14H3. The van der Waals surface area contributed by atoms with E-state index in [1.807, 2.05) is 12.1 Å². The van der Waals surface area contributed by atoms with Gasteiger partial charge in [-0.3, -0.25) is 0 Å². The molecular formula is C36H55O2P. The first-order chi connectivity index (χ1) is 17.4. The molecule has 216 valence electrons. The molecule has 3 rings (SSSR count). The molecule has 2 aliphatic carbocycles. The molecule has 3 heteroatoms. The van der Waals surface area contributed by atoms with E-state index in [9.17, 15) is 9.79 Å². The van der Waals surface area contributed by atoms with Crippen molar-refractivity contribution in [1.82, 2.24) is 0 Å². The molecule has 0 bridgehead atoms. The molecule has 1 aromatic rings. The Morgan fingerprint density at radius 3 is 1.44 bits per heavy atom. The van der Waals surface area contributed by atoms with Crippen LogP contribution in [0.15, 0.2) is 65.8 Å². The number of hydrogen-bond donors (Lipinski definition) is 2. The molecule has 4 unspecified atom stereocenters. The van der Waals surface area contributed by atoms with Crippen molar-refractivity contribution in [3.05, 3.63) is 76.9 Å². The lowest BCUT2D eigenvalue weighted by atomic mass is 9.59. The highest BCUT2D eigenvalue weighted by molar-refractivity contribution is 7.54. The molecule has 0 saturated carbocycles. The topological polar surface area (TPSA) is 40.5 Å². The largest absolute Gasteiger partial charge is 0.347 e. The first kappa shape index (κ1) is 32.0. The average molecular weight is 551 g/mol. The minimum absolute atomic E-state index is 0.0264. The Morgan fingerprint density at radius 2 is 1.05 bits per heavy atom. The molecule has 2 aliphatic rings. The maximum Gasteiger partial charge on any atom is 0.199 e. The van der Waals surface area contributed by atoms with E-state index in [1.54, 1.807) is 0 Å². The van der Waals surface area contributed by atoms with E-state index < -0.39 is 8.38 Å². The smallest absolute Gasteiger partial charge is 0.199 e. The van der Waals surface area contributed by atoms with E-state index in [1.165, 1.54) is 16.7 Å². The lowest BCUT2D eigenvalue weighted by Gasteiger charge is -2.46. The maximum absolute atomic E-state index is 10.7. The summed E-state index contributed by atoms with van der Waals surface area (Å²) in [6, 6.07) is 6.15. The Labute approximate surface area is 241 Å². The Bertz CT molecular complexity index is 1200. The summed E-state index contributed by atoms with van der Waals surface area (Å²) >= 11 is 0. The third kappa shape index (κ3) is 6.10. The summed E-state index contributed by atoms with van der Waals surface area (Å²) in [5.41, 5.74) is 4.80. The van der Waals surface area contributed by atoms with Gasteiger partial charge in [-0.15, -0.1) is 0 Å². The van der Waals surface area contributed by atoms with E-state index in [-0.39, 0.29) is 44.3 Å². The average Bonchev–Trinajstić information content (AvgIpc) is 2.76. The van der Waals surface area contributed by atoms with Gasteiger partial charge in [0.05, 0.1) is 0 Å². The summed E-state index contributed by atoms with van der Waals surface area (Å²) in [6.45, 7) is 32.2. The molecule has 0 aliphatic heterocycles. The van der Waals surface area contributed by atoms with Gasteiger partial charge in [-0.05, 0) is 38.9 Å². The second-order valence-corrected chi connectivity index (χ2v) is 17.6. The minimum atomic E-state index is -2.26. The van der Waals surface area contributed by atoms with Crippen LogP contribution in [0.4, 0.5) is 0 Å². The van der Waals surface area contributed by atoms with Crippen LogP contribution in [-0.4, -0.2) is 9.79 Å². The van der Waals surface area contributed by atoms with E-state index in [4.69, 9.17) is 0 Å². The van der Waals surface area contributed by atoms with Gasteiger partial charge in [0.1, 0.15) is 0 Å². The van der Waals surface area contributed by atoms with Crippen LogP contribution in [-0.2, 0) is 0 Å². The van der Waals surface area contributed by atoms with Crippen molar-refractivity contribution < 1.29 is 9.79 Å². The number of allylic oxidation sites excluding steroid dienone is 8. The van der Waals surface area contributed by atoms with Gasteiger partial charge >= 0.3 is 0 Å². The van der Waals surface area contributed by atoms with Gasteiger partial charge < -0.3 is 9.79 Å². The number of benzene rings is 1. The quantitative estimate of drug-likeness (QED) is 0.290. The van der Waals surface area contributed by atoms with Gasteiger partial charge in [-0.25, -0.2) is 0 Å². The lowest BCUT2D eigenvalue weighted by molar-refractivity contribution is 0.219. The molecule has 0 amide bonds. The first-order valence-corrected chi connectivity index (χ1v) is 15.8. The Morgan fingerprint density at radius 1 is 0.641 bits per heavy atom. The van der Waals surface area contributed by atoms with Crippen molar-refractivity contribution in [2.45, 2.75) is 109 Å². The highest BCUT2D eigenvalue weighted by Gasteiger charge is 2.43. The van der Waals surface area contributed by atoms with Crippen molar-refractivity contribution in [3.63, 3.8) is 0 Å². The van der Waals surface area contributed by atoms with Crippen LogP contribution in [0.5, 0.6) is 0 Å². The number of rotatable bonds is 3. The van der Waals surface area contributed by atoms with Gasteiger partial charge in [0, 0.05) is 28.0 Å². The summed E-state index contributed by atoms with van der Waals surface area (Å²) in [6.07, 6.45) is 14.5. The third-order valence-electron chi connectivity index (χ3n) is 9.79. The van der Waals surface area contributed by atoms with E-state index in [2.05, 4.69) is 139 Å². The highest BCUT2D eigenvalue weighted by atomic mass is 31.2. The summed E-state index contributed by atoms with van der Waals surface area (Å²) < 4.78 is 0. The fourth-order valence-corrected chi connectivity index (χ4v) is 6.60. The molecule has 4 atom stereocenters. The fourth-order valence-electron chi connectivity index (χ4n) is 5.90. The van der Waals surface area contributed by atoms with Gasteiger partial charge in [-0.1, -0.05) is 157 Å². The molecule has 39 heavy (non-hydrogen) atoms. The van der Waals surface area contributed by atoms with Gasteiger partial charge in [0.15, 0.2) is 8.38 Å². The van der Waals surface area contributed by atoms with Crippen molar-refractivity contribution in [1.29, 1.82) is 0 Å². The van der Waals surface area contributed by atoms with Crippen LogP contribution in [0.2, 0.25) is 0 Å². The molecule has 0 heterocycles. The molecular weight excluding hydrogens is 495 g/mol. The van der Waals surface area contributed by atoms with Crippen molar-refractivity contribution in [3.8, 4) is 0 Å². The highest BCUT2D eigenvalue weighted by Crippen LogP contribution is 2.55. The second-order valence-electron chi connectivity index (χ2n) is 16.5. The second kappa shape index (κ2) is 10.1. The summed E-state index contributed by atoms with van der Waals surface area (Å²) in [5, 5.41) is 0.664. The molecule has 0 radical (unpaired) electrons.